The summed E-state index contributed by atoms with van der Waals surface area (Å²) in [5, 5.41) is 0. The molecule has 0 amide bonds. The molecule has 17 heavy (non-hydrogen) atoms. The summed E-state index contributed by atoms with van der Waals surface area (Å²) in [7, 11) is 2.04. The summed E-state index contributed by atoms with van der Waals surface area (Å²) in [6.07, 6.45) is 0.813. The molecule has 90 valence electrons. The Hall–Kier alpha value is -1.13. The molecule has 0 radical (unpaired) electrons. The normalized spacial score (nSPS) is 10.8. The summed E-state index contributed by atoms with van der Waals surface area (Å²) in [5.74, 6) is 1.04. The number of halogens is 1. The Morgan fingerprint density at radius 2 is 1.94 bits per heavy atom. The molecule has 2 N–H and O–H groups in total. The van der Waals surface area contributed by atoms with Gasteiger partial charge >= 0.3 is 0 Å². The molecule has 0 spiro atoms. The molecule has 0 aliphatic rings. The van der Waals surface area contributed by atoms with Crippen LogP contribution in [0.25, 0.3) is 11.3 Å². The van der Waals surface area contributed by atoms with E-state index in [9.17, 15) is 0 Å². The zero-order chi connectivity index (χ0) is 12.4. The van der Waals surface area contributed by atoms with E-state index in [0.29, 0.717) is 6.54 Å². The zero-order valence-electron chi connectivity index (χ0n) is 10.1. The number of aromatic nitrogens is 2. The van der Waals surface area contributed by atoms with Gasteiger partial charge in [0.25, 0.3) is 0 Å². The highest BCUT2D eigenvalue weighted by Crippen LogP contribution is 2.25. The Balaban J connectivity index is 2.48. The first-order valence-corrected chi connectivity index (χ1v) is 6.41. The molecule has 2 aromatic rings. The van der Waals surface area contributed by atoms with Gasteiger partial charge in [-0.15, -0.1) is 0 Å². The second-order valence-electron chi connectivity index (χ2n) is 4.07. The van der Waals surface area contributed by atoms with Gasteiger partial charge in [-0.3, -0.25) is 0 Å². The molecule has 0 fully saturated rings. The Bertz CT molecular complexity index is 514. The first kappa shape index (κ1) is 12.3. The summed E-state index contributed by atoms with van der Waals surface area (Å²) in [4.78, 5) is 4.57. The van der Waals surface area contributed by atoms with Crippen LogP contribution in [0.1, 0.15) is 11.5 Å². The van der Waals surface area contributed by atoms with Crippen molar-refractivity contribution in [2.45, 2.75) is 13.3 Å². The van der Waals surface area contributed by atoms with E-state index in [1.165, 1.54) is 11.3 Å². The van der Waals surface area contributed by atoms with Gasteiger partial charge in [-0.05, 0) is 25.6 Å². The van der Waals surface area contributed by atoms with E-state index < -0.39 is 0 Å². The second kappa shape index (κ2) is 5.02. The minimum atomic E-state index is 0.629. The van der Waals surface area contributed by atoms with E-state index >= 15 is 0 Å². The molecule has 3 nitrogen and oxygen atoms in total. The lowest BCUT2D eigenvalue weighted by atomic mass is 10.1. The molecule has 1 aromatic heterocycles. The molecular formula is C13H16BrN3. The number of aryl methyl sites for hydroxylation is 1. The standard InChI is InChI=1S/C13H16BrN3/c1-9-13(10-3-5-11(14)6-4-10)17(2)12(16-9)7-8-15/h3-6H,7-8,15H2,1-2H3. The Labute approximate surface area is 110 Å². The van der Waals surface area contributed by atoms with Crippen molar-refractivity contribution in [2.24, 2.45) is 12.8 Å². The predicted molar refractivity (Wildman–Crippen MR) is 73.8 cm³/mol. The average Bonchev–Trinajstić information content (AvgIpc) is 2.57. The van der Waals surface area contributed by atoms with Crippen molar-refractivity contribution in [1.82, 2.24) is 9.55 Å². The van der Waals surface area contributed by atoms with Crippen molar-refractivity contribution in [2.75, 3.05) is 6.54 Å². The Morgan fingerprint density at radius 3 is 2.53 bits per heavy atom. The lowest BCUT2D eigenvalue weighted by Crippen LogP contribution is -2.08. The second-order valence-corrected chi connectivity index (χ2v) is 4.98. The van der Waals surface area contributed by atoms with Crippen molar-refractivity contribution >= 4 is 15.9 Å². The van der Waals surface area contributed by atoms with Crippen LogP contribution in [-0.2, 0) is 13.5 Å². The highest BCUT2D eigenvalue weighted by Gasteiger charge is 2.12. The lowest BCUT2D eigenvalue weighted by Gasteiger charge is -2.06. The summed E-state index contributed by atoms with van der Waals surface area (Å²) in [6.45, 7) is 2.67. The molecule has 0 unspecified atom stereocenters. The molecule has 4 heteroatoms. The number of nitrogens with two attached hydrogens (primary N) is 1. The van der Waals surface area contributed by atoms with Crippen molar-refractivity contribution in [3.05, 3.63) is 40.3 Å². The van der Waals surface area contributed by atoms with Gasteiger partial charge < -0.3 is 10.3 Å². The molecule has 0 saturated carbocycles. The molecule has 1 heterocycles. The van der Waals surface area contributed by atoms with E-state index in [0.717, 1.165) is 22.4 Å². The molecule has 0 saturated heterocycles. The van der Waals surface area contributed by atoms with E-state index in [4.69, 9.17) is 5.73 Å². The molecule has 0 bridgehead atoms. The maximum Gasteiger partial charge on any atom is 0.110 e. The van der Waals surface area contributed by atoms with Gasteiger partial charge in [0, 0.05) is 23.5 Å². The van der Waals surface area contributed by atoms with Crippen LogP contribution >= 0.6 is 15.9 Å². The number of rotatable bonds is 3. The van der Waals surface area contributed by atoms with Crippen LogP contribution < -0.4 is 5.73 Å². The van der Waals surface area contributed by atoms with Gasteiger partial charge in [-0.1, -0.05) is 28.1 Å². The maximum atomic E-state index is 5.59. The monoisotopic (exact) mass is 293 g/mol. The number of benzene rings is 1. The van der Waals surface area contributed by atoms with E-state index in [2.05, 4.69) is 37.6 Å². The van der Waals surface area contributed by atoms with Gasteiger partial charge in [0.05, 0.1) is 11.4 Å². The topological polar surface area (TPSA) is 43.8 Å². The summed E-state index contributed by atoms with van der Waals surface area (Å²) in [5.41, 5.74) is 8.99. The molecule has 2 rings (SSSR count). The van der Waals surface area contributed by atoms with Crippen molar-refractivity contribution in [1.29, 1.82) is 0 Å². The van der Waals surface area contributed by atoms with Crippen LogP contribution in [0.15, 0.2) is 28.7 Å². The Kier molecular flexibility index (Phi) is 3.64. The minimum Gasteiger partial charge on any atom is -0.331 e. The van der Waals surface area contributed by atoms with Crippen LogP contribution in [0.5, 0.6) is 0 Å². The van der Waals surface area contributed by atoms with Crippen LogP contribution in [0.2, 0.25) is 0 Å². The fraction of sp³-hybridized carbons (Fsp3) is 0.308. The highest BCUT2D eigenvalue weighted by atomic mass is 79.9. The average molecular weight is 294 g/mol. The number of hydrogen-bond acceptors (Lipinski definition) is 2. The molecular weight excluding hydrogens is 278 g/mol. The number of imidazole rings is 1. The van der Waals surface area contributed by atoms with Crippen LogP contribution in [0.3, 0.4) is 0 Å². The SMILES string of the molecule is Cc1nc(CCN)n(C)c1-c1ccc(Br)cc1. The molecule has 1 aromatic carbocycles. The first-order chi connectivity index (χ1) is 8.13. The van der Waals surface area contributed by atoms with Gasteiger partial charge in [0.1, 0.15) is 5.82 Å². The largest absolute Gasteiger partial charge is 0.331 e. The molecule has 0 atom stereocenters. The van der Waals surface area contributed by atoms with Crippen LogP contribution in [0.4, 0.5) is 0 Å². The van der Waals surface area contributed by atoms with Crippen molar-refractivity contribution < 1.29 is 0 Å². The van der Waals surface area contributed by atoms with Crippen LogP contribution in [0, 0.1) is 6.92 Å². The van der Waals surface area contributed by atoms with Gasteiger partial charge in [-0.25, -0.2) is 4.98 Å². The fourth-order valence-corrected chi connectivity index (χ4v) is 2.32. The quantitative estimate of drug-likeness (QED) is 0.945. The third kappa shape index (κ3) is 2.42. The maximum absolute atomic E-state index is 5.59. The highest BCUT2D eigenvalue weighted by molar-refractivity contribution is 9.10. The van der Waals surface area contributed by atoms with Crippen molar-refractivity contribution in [3.8, 4) is 11.3 Å². The predicted octanol–water partition coefficient (Wildman–Crippen LogP) is 2.66. The van der Waals surface area contributed by atoms with Crippen molar-refractivity contribution in [3.63, 3.8) is 0 Å². The lowest BCUT2D eigenvalue weighted by molar-refractivity contribution is 0.782. The zero-order valence-corrected chi connectivity index (χ0v) is 11.7. The van der Waals surface area contributed by atoms with Gasteiger partial charge in [0.15, 0.2) is 0 Å². The number of hydrogen-bond donors (Lipinski definition) is 1. The third-order valence-corrected chi connectivity index (χ3v) is 3.38. The smallest absolute Gasteiger partial charge is 0.110 e. The van der Waals surface area contributed by atoms with Gasteiger partial charge in [0.2, 0.25) is 0 Å². The number of nitrogens with zero attached hydrogens (tertiary/aromatic N) is 2. The van der Waals surface area contributed by atoms with E-state index in [1.54, 1.807) is 0 Å². The molecule has 0 aliphatic heterocycles. The Morgan fingerprint density at radius 1 is 1.29 bits per heavy atom. The minimum absolute atomic E-state index is 0.629. The van der Waals surface area contributed by atoms with E-state index in [1.807, 2.05) is 26.1 Å². The molecule has 0 aliphatic carbocycles. The van der Waals surface area contributed by atoms with Gasteiger partial charge in [-0.2, -0.15) is 0 Å². The summed E-state index contributed by atoms with van der Waals surface area (Å²) in [6, 6.07) is 8.29. The fourth-order valence-electron chi connectivity index (χ4n) is 2.06. The summed E-state index contributed by atoms with van der Waals surface area (Å²) >= 11 is 3.45. The third-order valence-electron chi connectivity index (χ3n) is 2.85. The summed E-state index contributed by atoms with van der Waals surface area (Å²) < 4.78 is 3.22. The first-order valence-electron chi connectivity index (χ1n) is 5.61. The van der Waals surface area contributed by atoms with E-state index in [-0.39, 0.29) is 0 Å². The van der Waals surface area contributed by atoms with Crippen LogP contribution in [-0.4, -0.2) is 16.1 Å².